The number of halogens is 2. The van der Waals surface area contributed by atoms with Crippen LogP contribution in [-0.2, 0) is 9.53 Å². The quantitative estimate of drug-likeness (QED) is 0.508. The summed E-state index contributed by atoms with van der Waals surface area (Å²) in [4.78, 5) is 24.2. The van der Waals surface area contributed by atoms with Gasteiger partial charge in [0.05, 0.1) is 12.7 Å². The molecule has 0 spiro atoms. The lowest BCUT2D eigenvalue weighted by atomic mass is 9.94. The molecule has 0 amide bonds. The number of rotatable bonds is 6. The predicted octanol–water partition coefficient (Wildman–Crippen LogP) is 4.20. The van der Waals surface area contributed by atoms with E-state index >= 15 is 0 Å². The minimum Gasteiger partial charge on any atom is -0.466 e. The molecule has 1 saturated heterocycles. The summed E-state index contributed by atoms with van der Waals surface area (Å²) in [6.45, 7) is 2.74. The maximum Gasteiger partial charge on any atom is 0.338 e. The van der Waals surface area contributed by atoms with Crippen molar-refractivity contribution in [3.05, 3.63) is 62.5 Å². The standard InChI is InChI=1S/C20H20ClFN4O2S2/c1-3-30-25-12-9-15-16(20(27)28-2)17(13-5-4-11(22)8-14(13)21)24-18(26(15)10-12)19-23-6-7-29-19/h4-8,12,17,25H,3,9-10H2,1-2H3/t12-,17?/m0/s1. The Morgan fingerprint density at radius 1 is 1.50 bits per heavy atom. The molecular weight excluding hydrogens is 447 g/mol. The van der Waals surface area contributed by atoms with Gasteiger partial charge in [0.15, 0.2) is 10.8 Å². The molecule has 6 nitrogen and oxygen atoms in total. The summed E-state index contributed by atoms with van der Waals surface area (Å²) in [7, 11) is 1.35. The van der Waals surface area contributed by atoms with Crippen LogP contribution in [0.25, 0.3) is 0 Å². The highest BCUT2D eigenvalue weighted by atomic mass is 35.5. The van der Waals surface area contributed by atoms with E-state index in [0.29, 0.717) is 29.9 Å². The molecule has 1 fully saturated rings. The van der Waals surface area contributed by atoms with Crippen LogP contribution in [0.3, 0.4) is 0 Å². The normalized spacial score (nSPS) is 20.9. The number of thiazole rings is 1. The number of esters is 1. The van der Waals surface area contributed by atoms with Gasteiger partial charge in [0, 0.05) is 52.6 Å². The van der Waals surface area contributed by atoms with E-state index in [2.05, 4.69) is 16.6 Å². The van der Waals surface area contributed by atoms with Gasteiger partial charge in [0.2, 0.25) is 0 Å². The topological polar surface area (TPSA) is 66.8 Å². The fourth-order valence-electron chi connectivity index (χ4n) is 3.70. The molecule has 0 radical (unpaired) electrons. The molecule has 1 N–H and O–H groups in total. The van der Waals surface area contributed by atoms with Crippen molar-refractivity contribution in [2.24, 2.45) is 4.99 Å². The van der Waals surface area contributed by atoms with Gasteiger partial charge in [-0.15, -0.1) is 11.3 Å². The van der Waals surface area contributed by atoms with Crippen LogP contribution in [-0.4, -0.2) is 47.1 Å². The molecule has 30 heavy (non-hydrogen) atoms. The third kappa shape index (κ3) is 3.99. The van der Waals surface area contributed by atoms with E-state index in [4.69, 9.17) is 21.3 Å². The first-order chi connectivity index (χ1) is 14.5. The van der Waals surface area contributed by atoms with Gasteiger partial charge in [-0.05, 0) is 12.1 Å². The average molecular weight is 467 g/mol. The zero-order valence-corrected chi connectivity index (χ0v) is 18.8. The third-order valence-electron chi connectivity index (χ3n) is 4.94. The molecule has 4 rings (SSSR count). The van der Waals surface area contributed by atoms with Gasteiger partial charge in [-0.3, -0.25) is 9.71 Å². The first kappa shape index (κ1) is 21.3. The van der Waals surface area contributed by atoms with E-state index in [-0.39, 0.29) is 11.1 Å². The lowest BCUT2D eigenvalue weighted by molar-refractivity contribution is -0.136. The second kappa shape index (κ2) is 9.05. The molecule has 2 aliphatic rings. The number of nitrogens with zero attached hydrogens (tertiary/aromatic N) is 3. The van der Waals surface area contributed by atoms with Crippen LogP contribution >= 0.6 is 34.9 Å². The molecule has 2 aliphatic heterocycles. The molecule has 2 aromatic rings. The third-order valence-corrected chi connectivity index (χ3v) is 6.83. The van der Waals surface area contributed by atoms with Crippen molar-refractivity contribution < 1.29 is 13.9 Å². The Morgan fingerprint density at radius 3 is 3.00 bits per heavy atom. The lowest BCUT2D eigenvalue weighted by Gasteiger charge is -2.31. The van der Waals surface area contributed by atoms with Crippen LogP contribution in [0.5, 0.6) is 0 Å². The number of fused-ring (bicyclic) bond motifs is 1. The number of carbonyl (C=O) groups is 1. The number of hydrogen-bond acceptors (Lipinski definition) is 8. The number of amidine groups is 1. The van der Waals surface area contributed by atoms with Gasteiger partial charge in [-0.25, -0.2) is 14.2 Å². The van der Waals surface area contributed by atoms with Gasteiger partial charge in [0.25, 0.3) is 0 Å². The summed E-state index contributed by atoms with van der Waals surface area (Å²) in [5.74, 6) is 0.704. The van der Waals surface area contributed by atoms with Gasteiger partial charge in [-0.1, -0.05) is 36.5 Å². The maximum absolute atomic E-state index is 13.7. The summed E-state index contributed by atoms with van der Waals surface area (Å²) in [6, 6.07) is 3.56. The van der Waals surface area contributed by atoms with Gasteiger partial charge in [0.1, 0.15) is 11.9 Å². The first-order valence-corrected chi connectivity index (χ1v) is 11.7. The minimum atomic E-state index is -0.701. The lowest BCUT2D eigenvalue weighted by Crippen LogP contribution is -2.37. The molecule has 10 heteroatoms. The molecule has 158 valence electrons. The molecule has 0 bridgehead atoms. The summed E-state index contributed by atoms with van der Waals surface area (Å²) in [5.41, 5.74) is 1.82. The Kier molecular flexibility index (Phi) is 6.43. The molecule has 0 aliphatic carbocycles. The van der Waals surface area contributed by atoms with Crippen LogP contribution in [0.1, 0.15) is 30.0 Å². The van der Waals surface area contributed by atoms with Crippen molar-refractivity contribution in [1.29, 1.82) is 0 Å². The number of nitrogens with one attached hydrogen (secondary N) is 1. The predicted molar refractivity (Wildman–Crippen MR) is 118 cm³/mol. The highest BCUT2D eigenvalue weighted by Gasteiger charge is 2.42. The molecule has 0 saturated carbocycles. The van der Waals surface area contributed by atoms with Crippen LogP contribution < -0.4 is 4.72 Å². The van der Waals surface area contributed by atoms with E-state index in [1.165, 1.54) is 30.6 Å². The Morgan fingerprint density at radius 2 is 2.33 bits per heavy atom. The summed E-state index contributed by atoms with van der Waals surface area (Å²) in [6.07, 6.45) is 2.36. The Balaban J connectivity index is 1.86. The largest absolute Gasteiger partial charge is 0.466 e. The highest BCUT2D eigenvalue weighted by molar-refractivity contribution is 7.97. The van der Waals surface area contributed by atoms with E-state index in [9.17, 15) is 9.18 Å². The number of ether oxygens (including phenoxy) is 1. The molecule has 1 aromatic carbocycles. The molecule has 1 aromatic heterocycles. The van der Waals surface area contributed by atoms with Crippen molar-refractivity contribution in [3.8, 4) is 0 Å². The van der Waals surface area contributed by atoms with Gasteiger partial charge >= 0.3 is 5.97 Å². The summed E-state index contributed by atoms with van der Waals surface area (Å²) in [5, 5.41) is 2.85. The number of aromatic nitrogens is 1. The van der Waals surface area contributed by atoms with Gasteiger partial charge < -0.3 is 9.64 Å². The highest BCUT2D eigenvalue weighted by Crippen LogP contribution is 2.42. The van der Waals surface area contributed by atoms with Crippen LogP contribution in [0.4, 0.5) is 4.39 Å². The fourth-order valence-corrected chi connectivity index (χ4v) is 5.17. The smallest absolute Gasteiger partial charge is 0.338 e. The Hall–Kier alpha value is -1.94. The monoisotopic (exact) mass is 466 g/mol. The average Bonchev–Trinajstić information content (AvgIpc) is 3.40. The molecular formula is C20H20ClFN4O2S2. The second-order valence-electron chi connectivity index (χ2n) is 6.77. The van der Waals surface area contributed by atoms with Gasteiger partial charge in [-0.2, -0.15) is 0 Å². The van der Waals surface area contributed by atoms with Crippen molar-refractivity contribution >= 4 is 46.7 Å². The van der Waals surface area contributed by atoms with Crippen LogP contribution in [0.15, 0.2) is 46.0 Å². The Labute approximate surface area is 187 Å². The Bertz CT molecular complexity index is 1010. The summed E-state index contributed by atoms with van der Waals surface area (Å²) >= 11 is 9.47. The van der Waals surface area contributed by atoms with E-state index in [0.717, 1.165) is 16.5 Å². The van der Waals surface area contributed by atoms with Crippen LogP contribution in [0, 0.1) is 5.82 Å². The molecule has 1 unspecified atom stereocenters. The van der Waals surface area contributed by atoms with Crippen molar-refractivity contribution in [2.75, 3.05) is 19.4 Å². The zero-order valence-electron chi connectivity index (χ0n) is 16.4. The number of carbonyl (C=O) groups excluding carboxylic acids is 1. The number of methoxy groups -OCH3 is 1. The van der Waals surface area contributed by atoms with Crippen molar-refractivity contribution in [1.82, 2.24) is 14.6 Å². The van der Waals surface area contributed by atoms with E-state index < -0.39 is 17.8 Å². The minimum absolute atomic E-state index is 0.136. The zero-order chi connectivity index (χ0) is 21.3. The molecule has 2 atom stereocenters. The SMILES string of the molecule is CCSN[C@H]1CC2=C(C(=O)OC)C(c3ccc(F)cc3Cl)N=C(c3nccs3)N2C1. The van der Waals surface area contributed by atoms with E-state index in [1.54, 1.807) is 24.2 Å². The second-order valence-corrected chi connectivity index (χ2v) is 9.18. The first-order valence-electron chi connectivity index (χ1n) is 9.42. The number of benzene rings is 1. The maximum atomic E-state index is 13.7. The number of hydrogen-bond donors (Lipinski definition) is 1. The summed E-state index contributed by atoms with van der Waals surface area (Å²) < 4.78 is 22.2. The van der Waals surface area contributed by atoms with E-state index in [1.807, 2.05) is 10.3 Å². The molecule has 3 heterocycles. The van der Waals surface area contributed by atoms with Crippen molar-refractivity contribution in [3.63, 3.8) is 0 Å². The van der Waals surface area contributed by atoms with Crippen LogP contribution in [0.2, 0.25) is 5.02 Å². The van der Waals surface area contributed by atoms with Crippen molar-refractivity contribution in [2.45, 2.75) is 25.4 Å². The number of aliphatic imine (C=N–C) groups is 1. The fraction of sp³-hybridized carbons (Fsp3) is 0.350.